The van der Waals surface area contributed by atoms with E-state index in [0.717, 1.165) is 13.0 Å². The highest BCUT2D eigenvalue weighted by molar-refractivity contribution is 5.95. The van der Waals surface area contributed by atoms with Gasteiger partial charge in [-0.3, -0.25) is 4.79 Å². The van der Waals surface area contributed by atoms with Gasteiger partial charge in [0.2, 0.25) is 0 Å². The maximum absolute atomic E-state index is 12.3. The predicted molar refractivity (Wildman–Crippen MR) is 65.9 cm³/mol. The maximum Gasteiger partial charge on any atom is 0.254 e. The highest BCUT2D eigenvalue weighted by Crippen LogP contribution is 2.31. The minimum Gasteiger partial charge on any atom is -0.486 e. The molecule has 1 saturated heterocycles. The molecular formula is C13H16N2O3. The Labute approximate surface area is 105 Å². The Balaban J connectivity index is 1.81. The zero-order valence-electron chi connectivity index (χ0n) is 10.1. The number of hydrogen-bond acceptors (Lipinski definition) is 4. The molecule has 2 N–H and O–H groups in total. The highest BCUT2D eigenvalue weighted by Gasteiger charge is 2.25. The largest absolute Gasteiger partial charge is 0.486 e. The van der Waals surface area contributed by atoms with Gasteiger partial charge in [0.1, 0.15) is 13.2 Å². The molecule has 1 amide bonds. The average Bonchev–Trinajstić information content (AvgIpc) is 2.84. The monoisotopic (exact) mass is 248 g/mol. The quantitative estimate of drug-likeness (QED) is 0.791. The van der Waals surface area contributed by atoms with Gasteiger partial charge in [0.25, 0.3) is 5.91 Å². The molecular weight excluding hydrogens is 232 g/mol. The summed E-state index contributed by atoms with van der Waals surface area (Å²) < 4.78 is 10.9. The first-order valence-electron chi connectivity index (χ1n) is 6.18. The molecule has 2 heterocycles. The fourth-order valence-electron chi connectivity index (χ4n) is 2.33. The van der Waals surface area contributed by atoms with Gasteiger partial charge in [-0.05, 0) is 24.6 Å². The summed E-state index contributed by atoms with van der Waals surface area (Å²) in [6.45, 7) is 2.45. The molecule has 18 heavy (non-hydrogen) atoms. The third-order valence-corrected chi connectivity index (χ3v) is 3.30. The first-order valence-corrected chi connectivity index (χ1v) is 6.18. The van der Waals surface area contributed by atoms with Crippen molar-refractivity contribution in [2.45, 2.75) is 12.5 Å². The maximum atomic E-state index is 12.3. The van der Waals surface area contributed by atoms with E-state index < -0.39 is 0 Å². The Morgan fingerprint density at radius 3 is 2.78 bits per heavy atom. The number of fused-ring (bicyclic) bond motifs is 1. The normalized spacial score (nSPS) is 22.1. The molecule has 0 aromatic heterocycles. The van der Waals surface area contributed by atoms with Crippen molar-refractivity contribution in [3.05, 3.63) is 23.8 Å². The second kappa shape index (κ2) is 4.49. The topological polar surface area (TPSA) is 64.8 Å². The second-order valence-electron chi connectivity index (χ2n) is 4.66. The number of benzene rings is 1. The Morgan fingerprint density at radius 2 is 2.06 bits per heavy atom. The Morgan fingerprint density at radius 1 is 1.28 bits per heavy atom. The number of nitrogens with zero attached hydrogens (tertiary/aromatic N) is 1. The van der Waals surface area contributed by atoms with E-state index in [4.69, 9.17) is 15.2 Å². The van der Waals surface area contributed by atoms with Crippen molar-refractivity contribution in [3.8, 4) is 11.5 Å². The first-order chi connectivity index (χ1) is 8.74. The second-order valence-corrected chi connectivity index (χ2v) is 4.66. The minimum absolute atomic E-state index is 0.0138. The van der Waals surface area contributed by atoms with Crippen LogP contribution in [0, 0.1) is 0 Å². The Hall–Kier alpha value is -1.75. The molecule has 2 aliphatic rings. The summed E-state index contributed by atoms with van der Waals surface area (Å²) in [5.41, 5.74) is 6.45. The van der Waals surface area contributed by atoms with Gasteiger partial charge < -0.3 is 20.1 Å². The lowest BCUT2D eigenvalue weighted by Gasteiger charge is -2.20. The lowest BCUT2D eigenvalue weighted by atomic mass is 10.1. The summed E-state index contributed by atoms with van der Waals surface area (Å²) in [6.07, 6.45) is 0.871. The van der Waals surface area contributed by atoms with Gasteiger partial charge in [0.15, 0.2) is 11.5 Å². The van der Waals surface area contributed by atoms with Crippen LogP contribution in [0.15, 0.2) is 18.2 Å². The highest BCUT2D eigenvalue weighted by atomic mass is 16.6. The Kier molecular flexibility index (Phi) is 2.83. The van der Waals surface area contributed by atoms with E-state index in [1.165, 1.54) is 0 Å². The van der Waals surface area contributed by atoms with Gasteiger partial charge >= 0.3 is 0 Å². The van der Waals surface area contributed by atoms with E-state index in [9.17, 15) is 4.79 Å². The number of nitrogens with two attached hydrogens (primary N) is 1. The molecule has 0 bridgehead atoms. The van der Waals surface area contributed by atoms with Crippen molar-refractivity contribution < 1.29 is 14.3 Å². The van der Waals surface area contributed by atoms with Crippen molar-refractivity contribution >= 4 is 5.91 Å². The molecule has 0 saturated carbocycles. The molecule has 1 aromatic carbocycles. The van der Waals surface area contributed by atoms with Crippen LogP contribution in [0.5, 0.6) is 11.5 Å². The molecule has 1 atom stereocenters. The van der Waals surface area contributed by atoms with Crippen molar-refractivity contribution in [2.75, 3.05) is 26.3 Å². The van der Waals surface area contributed by atoms with Crippen LogP contribution in [0.3, 0.4) is 0 Å². The molecule has 5 nitrogen and oxygen atoms in total. The predicted octanol–water partition coefficient (Wildman–Crippen LogP) is 0.631. The van der Waals surface area contributed by atoms with Gasteiger partial charge in [0, 0.05) is 24.7 Å². The molecule has 3 rings (SSSR count). The van der Waals surface area contributed by atoms with Crippen molar-refractivity contribution in [3.63, 3.8) is 0 Å². The van der Waals surface area contributed by atoms with Gasteiger partial charge in [-0.1, -0.05) is 0 Å². The summed E-state index contributed by atoms with van der Waals surface area (Å²) >= 11 is 0. The molecule has 1 fully saturated rings. The lowest BCUT2D eigenvalue weighted by Crippen LogP contribution is -2.32. The summed E-state index contributed by atoms with van der Waals surface area (Å²) in [5.74, 6) is 1.37. The van der Waals surface area contributed by atoms with Crippen molar-refractivity contribution in [2.24, 2.45) is 5.73 Å². The van der Waals surface area contributed by atoms with E-state index in [-0.39, 0.29) is 11.9 Å². The molecule has 0 spiro atoms. The fourth-order valence-corrected chi connectivity index (χ4v) is 2.33. The van der Waals surface area contributed by atoms with Crippen molar-refractivity contribution in [1.82, 2.24) is 4.90 Å². The van der Waals surface area contributed by atoms with Gasteiger partial charge in [-0.15, -0.1) is 0 Å². The molecule has 5 heteroatoms. The van der Waals surface area contributed by atoms with E-state index >= 15 is 0 Å². The average molecular weight is 248 g/mol. The standard InChI is InChI=1S/C13H16N2O3/c14-10-3-4-15(8-10)13(16)9-1-2-11-12(7-9)18-6-5-17-11/h1-2,7,10H,3-6,8,14H2/t10-/m1/s1. The fraction of sp³-hybridized carbons (Fsp3) is 0.462. The molecule has 96 valence electrons. The SMILES string of the molecule is N[C@@H]1CCN(C(=O)c2ccc3c(c2)OCCO3)C1. The summed E-state index contributed by atoms with van der Waals surface area (Å²) in [4.78, 5) is 14.0. The van der Waals surface area contributed by atoms with Crippen LogP contribution in [-0.4, -0.2) is 43.2 Å². The minimum atomic E-state index is 0.0138. The third kappa shape index (κ3) is 2.01. The first kappa shape index (κ1) is 11.3. The van der Waals surface area contributed by atoms with Crippen LogP contribution in [-0.2, 0) is 0 Å². The van der Waals surface area contributed by atoms with Crippen LogP contribution >= 0.6 is 0 Å². The van der Waals surface area contributed by atoms with Gasteiger partial charge in [-0.2, -0.15) is 0 Å². The van der Waals surface area contributed by atoms with Crippen molar-refractivity contribution in [1.29, 1.82) is 0 Å². The number of ether oxygens (including phenoxy) is 2. The number of hydrogen-bond donors (Lipinski definition) is 1. The molecule has 2 aliphatic heterocycles. The summed E-state index contributed by atoms with van der Waals surface area (Å²) in [5, 5.41) is 0. The zero-order chi connectivity index (χ0) is 12.5. The molecule has 0 aliphatic carbocycles. The van der Waals surface area contributed by atoms with Crippen LogP contribution < -0.4 is 15.2 Å². The number of amides is 1. The van der Waals surface area contributed by atoms with E-state index in [1.807, 2.05) is 0 Å². The zero-order valence-corrected chi connectivity index (χ0v) is 10.1. The Bertz CT molecular complexity index is 475. The van der Waals surface area contributed by atoms with E-state index in [1.54, 1.807) is 23.1 Å². The number of carbonyl (C=O) groups is 1. The molecule has 0 radical (unpaired) electrons. The van der Waals surface area contributed by atoms with Crippen LogP contribution in [0.25, 0.3) is 0 Å². The van der Waals surface area contributed by atoms with E-state index in [2.05, 4.69) is 0 Å². The number of carbonyl (C=O) groups excluding carboxylic acids is 1. The number of rotatable bonds is 1. The molecule has 1 aromatic rings. The lowest BCUT2D eigenvalue weighted by molar-refractivity contribution is 0.0789. The van der Waals surface area contributed by atoms with Crippen LogP contribution in [0.2, 0.25) is 0 Å². The van der Waals surface area contributed by atoms with E-state index in [0.29, 0.717) is 36.8 Å². The number of likely N-dealkylation sites (tertiary alicyclic amines) is 1. The van der Waals surface area contributed by atoms with Crippen LogP contribution in [0.4, 0.5) is 0 Å². The summed E-state index contributed by atoms with van der Waals surface area (Å²) in [6, 6.07) is 5.42. The smallest absolute Gasteiger partial charge is 0.254 e. The van der Waals surface area contributed by atoms with Crippen LogP contribution in [0.1, 0.15) is 16.8 Å². The van der Waals surface area contributed by atoms with Gasteiger partial charge in [0.05, 0.1) is 0 Å². The molecule has 0 unspecified atom stereocenters. The summed E-state index contributed by atoms with van der Waals surface area (Å²) in [7, 11) is 0. The van der Waals surface area contributed by atoms with Gasteiger partial charge in [-0.25, -0.2) is 0 Å². The third-order valence-electron chi connectivity index (χ3n) is 3.30.